The first-order chi connectivity index (χ1) is 16.0. The molecular formula is C27H36N4O2. The summed E-state index contributed by atoms with van der Waals surface area (Å²) in [6.07, 6.45) is 3.30. The number of benzene rings is 2. The predicted octanol–water partition coefficient (Wildman–Crippen LogP) is 5.09. The van der Waals surface area contributed by atoms with E-state index in [9.17, 15) is 4.79 Å². The Hall–Kier alpha value is -2.70. The summed E-state index contributed by atoms with van der Waals surface area (Å²) < 4.78 is 7.88. The van der Waals surface area contributed by atoms with Crippen LogP contribution in [-0.2, 0) is 22.5 Å². The standard InChI is InChI=1S/C27H36N4O2/c1-5-22-13-11-12-20(3)26(22)31(19-33-6-2)25(32)18-30-24-15-8-7-14-23(24)28-27(30)21(4)29-16-9-10-17-29/h7-8,11-15,21H,5-6,9-10,16-19H2,1-4H3. The molecule has 0 bridgehead atoms. The van der Waals surface area contributed by atoms with E-state index in [1.807, 2.05) is 30.0 Å². The Morgan fingerprint density at radius 3 is 2.61 bits per heavy atom. The SMILES string of the molecule is CCOCN(C(=O)Cn1c(C(C)N2CCCC2)nc2ccccc21)c1c(C)cccc1CC. The second kappa shape index (κ2) is 10.5. The Morgan fingerprint density at radius 1 is 1.12 bits per heavy atom. The summed E-state index contributed by atoms with van der Waals surface area (Å²) in [4.78, 5) is 23.1. The summed E-state index contributed by atoms with van der Waals surface area (Å²) >= 11 is 0. The van der Waals surface area contributed by atoms with Gasteiger partial charge in [-0.05, 0) is 76.4 Å². The van der Waals surface area contributed by atoms with E-state index in [1.54, 1.807) is 0 Å². The van der Waals surface area contributed by atoms with Gasteiger partial charge < -0.3 is 9.30 Å². The van der Waals surface area contributed by atoms with Gasteiger partial charge in [0.1, 0.15) is 19.1 Å². The highest BCUT2D eigenvalue weighted by atomic mass is 16.5. The van der Waals surface area contributed by atoms with Crippen molar-refractivity contribution in [1.29, 1.82) is 0 Å². The van der Waals surface area contributed by atoms with E-state index in [4.69, 9.17) is 9.72 Å². The molecule has 1 saturated heterocycles. The number of nitrogens with zero attached hydrogens (tertiary/aromatic N) is 4. The molecule has 1 atom stereocenters. The number of likely N-dealkylation sites (tertiary alicyclic amines) is 1. The zero-order chi connectivity index (χ0) is 23.4. The molecule has 0 radical (unpaired) electrons. The Bertz CT molecular complexity index is 1100. The molecule has 1 amide bonds. The maximum absolute atomic E-state index is 13.9. The minimum Gasteiger partial charge on any atom is -0.361 e. The molecule has 3 aromatic rings. The molecule has 1 aromatic heterocycles. The van der Waals surface area contributed by atoms with Crippen molar-refractivity contribution in [3.63, 3.8) is 0 Å². The lowest BCUT2D eigenvalue weighted by Crippen LogP contribution is -2.38. The maximum atomic E-state index is 13.9. The molecule has 4 rings (SSSR count). The lowest BCUT2D eigenvalue weighted by molar-refractivity contribution is -0.120. The molecule has 1 aliphatic heterocycles. The molecule has 2 aromatic carbocycles. The van der Waals surface area contributed by atoms with Crippen molar-refractivity contribution in [2.75, 3.05) is 31.3 Å². The zero-order valence-corrected chi connectivity index (χ0v) is 20.4. The van der Waals surface area contributed by atoms with E-state index in [1.165, 1.54) is 12.8 Å². The molecule has 0 aliphatic carbocycles. The quantitative estimate of drug-likeness (QED) is 0.428. The summed E-state index contributed by atoms with van der Waals surface area (Å²) in [6.45, 7) is 11.6. The van der Waals surface area contributed by atoms with Crippen molar-refractivity contribution in [2.24, 2.45) is 0 Å². The third-order valence-electron chi connectivity index (χ3n) is 6.74. The van der Waals surface area contributed by atoms with E-state index in [0.717, 1.165) is 53.2 Å². The van der Waals surface area contributed by atoms with Crippen LogP contribution in [0.2, 0.25) is 0 Å². The first-order valence-electron chi connectivity index (χ1n) is 12.2. The van der Waals surface area contributed by atoms with Gasteiger partial charge in [-0.3, -0.25) is 14.6 Å². The Balaban J connectivity index is 1.73. The predicted molar refractivity (Wildman–Crippen MR) is 133 cm³/mol. The second-order valence-corrected chi connectivity index (χ2v) is 8.84. The molecule has 2 heterocycles. The number of carbonyl (C=O) groups is 1. The first-order valence-corrected chi connectivity index (χ1v) is 12.2. The van der Waals surface area contributed by atoms with E-state index < -0.39 is 0 Å². The van der Waals surface area contributed by atoms with E-state index in [2.05, 4.69) is 54.5 Å². The monoisotopic (exact) mass is 448 g/mol. The Kier molecular flexibility index (Phi) is 7.46. The summed E-state index contributed by atoms with van der Waals surface area (Å²) in [5.74, 6) is 0.980. The van der Waals surface area contributed by atoms with Crippen LogP contribution < -0.4 is 4.90 Å². The molecule has 0 saturated carbocycles. The van der Waals surface area contributed by atoms with Gasteiger partial charge in [-0.15, -0.1) is 0 Å². The van der Waals surface area contributed by atoms with Crippen LogP contribution in [0, 0.1) is 6.92 Å². The number of amides is 1. The molecule has 1 fully saturated rings. The highest BCUT2D eigenvalue weighted by molar-refractivity contribution is 5.95. The van der Waals surface area contributed by atoms with Gasteiger partial charge in [0, 0.05) is 6.61 Å². The number of rotatable bonds is 9. The van der Waals surface area contributed by atoms with Crippen LogP contribution in [0.5, 0.6) is 0 Å². The maximum Gasteiger partial charge on any atom is 0.248 e. The summed E-state index contributed by atoms with van der Waals surface area (Å²) in [7, 11) is 0. The van der Waals surface area contributed by atoms with Gasteiger partial charge in [0.15, 0.2) is 0 Å². The largest absolute Gasteiger partial charge is 0.361 e. The third kappa shape index (κ3) is 4.82. The number of anilines is 1. The van der Waals surface area contributed by atoms with Crippen LogP contribution in [-0.4, -0.2) is 46.8 Å². The molecule has 33 heavy (non-hydrogen) atoms. The molecule has 6 heteroatoms. The van der Waals surface area contributed by atoms with Crippen molar-refractivity contribution >= 4 is 22.6 Å². The van der Waals surface area contributed by atoms with Crippen molar-refractivity contribution in [3.8, 4) is 0 Å². The lowest BCUT2D eigenvalue weighted by Gasteiger charge is -2.28. The van der Waals surface area contributed by atoms with Crippen molar-refractivity contribution < 1.29 is 9.53 Å². The molecule has 1 aliphatic rings. The third-order valence-corrected chi connectivity index (χ3v) is 6.74. The topological polar surface area (TPSA) is 50.6 Å². The normalized spacial score (nSPS) is 15.3. The number of imidazole rings is 1. The summed E-state index contributed by atoms with van der Waals surface area (Å²) in [6, 6.07) is 14.5. The van der Waals surface area contributed by atoms with E-state index in [-0.39, 0.29) is 25.2 Å². The van der Waals surface area contributed by atoms with Gasteiger partial charge in [0.05, 0.1) is 22.8 Å². The van der Waals surface area contributed by atoms with Crippen LogP contribution in [0.3, 0.4) is 0 Å². The Morgan fingerprint density at radius 2 is 1.88 bits per heavy atom. The molecule has 176 valence electrons. The van der Waals surface area contributed by atoms with E-state index in [0.29, 0.717) is 6.61 Å². The number of para-hydroxylation sites is 3. The minimum absolute atomic E-state index is 0.0190. The number of carbonyl (C=O) groups excluding carboxylic acids is 1. The van der Waals surface area contributed by atoms with Crippen molar-refractivity contribution in [2.45, 2.75) is 59.5 Å². The van der Waals surface area contributed by atoms with Crippen LogP contribution >= 0.6 is 0 Å². The molecular weight excluding hydrogens is 412 g/mol. The number of fused-ring (bicyclic) bond motifs is 1. The average molecular weight is 449 g/mol. The molecule has 6 nitrogen and oxygen atoms in total. The molecule has 0 N–H and O–H groups in total. The highest BCUT2D eigenvalue weighted by Crippen LogP contribution is 2.30. The fourth-order valence-corrected chi connectivity index (χ4v) is 4.93. The van der Waals surface area contributed by atoms with E-state index >= 15 is 0 Å². The molecule has 0 spiro atoms. The average Bonchev–Trinajstić information content (AvgIpc) is 3.48. The smallest absolute Gasteiger partial charge is 0.248 e. The number of ether oxygens (including phenoxy) is 1. The van der Waals surface area contributed by atoms with Crippen LogP contribution in [0.25, 0.3) is 11.0 Å². The van der Waals surface area contributed by atoms with Gasteiger partial charge in [0.25, 0.3) is 0 Å². The van der Waals surface area contributed by atoms with Gasteiger partial charge in [-0.2, -0.15) is 0 Å². The highest BCUT2D eigenvalue weighted by Gasteiger charge is 2.27. The second-order valence-electron chi connectivity index (χ2n) is 8.84. The molecule has 1 unspecified atom stereocenters. The van der Waals surface area contributed by atoms with Crippen LogP contribution in [0.4, 0.5) is 5.69 Å². The van der Waals surface area contributed by atoms with Gasteiger partial charge in [-0.25, -0.2) is 4.98 Å². The minimum atomic E-state index is 0.0190. The van der Waals surface area contributed by atoms with Gasteiger partial charge in [-0.1, -0.05) is 37.3 Å². The fraction of sp³-hybridized carbons (Fsp3) is 0.481. The van der Waals surface area contributed by atoms with Crippen molar-refractivity contribution in [3.05, 3.63) is 59.4 Å². The lowest BCUT2D eigenvalue weighted by atomic mass is 10.0. The Labute approximate surface area is 197 Å². The van der Waals surface area contributed by atoms with Gasteiger partial charge >= 0.3 is 0 Å². The van der Waals surface area contributed by atoms with Crippen molar-refractivity contribution in [1.82, 2.24) is 14.5 Å². The number of hydrogen-bond acceptors (Lipinski definition) is 4. The number of aromatic nitrogens is 2. The summed E-state index contributed by atoms with van der Waals surface area (Å²) in [5.41, 5.74) is 5.15. The van der Waals surface area contributed by atoms with Gasteiger partial charge in [0.2, 0.25) is 5.91 Å². The zero-order valence-electron chi connectivity index (χ0n) is 20.4. The van der Waals surface area contributed by atoms with Crippen LogP contribution in [0.1, 0.15) is 56.6 Å². The number of hydrogen-bond donors (Lipinski definition) is 0. The number of aryl methyl sites for hydroxylation is 2. The fourth-order valence-electron chi connectivity index (χ4n) is 4.93. The first kappa shape index (κ1) is 23.5. The van der Waals surface area contributed by atoms with Crippen LogP contribution in [0.15, 0.2) is 42.5 Å². The summed E-state index contributed by atoms with van der Waals surface area (Å²) in [5, 5.41) is 0.